The Hall–Kier alpha value is -0.700. The van der Waals surface area contributed by atoms with Crippen LogP contribution in [0.5, 0.6) is 0 Å². The second-order valence-corrected chi connectivity index (χ2v) is 2.60. The lowest BCUT2D eigenvalue weighted by Crippen LogP contribution is -2.43. The van der Waals surface area contributed by atoms with E-state index in [1.54, 1.807) is 7.11 Å². The van der Waals surface area contributed by atoms with Crippen LogP contribution in [0.15, 0.2) is 11.9 Å². The van der Waals surface area contributed by atoms with Gasteiger partial charge in [-0.2, -0.15) is 0 Å². The molecule has 1 rings (SSSR count). The minimum Gasteiger partial charge on any atom is -0.386 e. The first-order valence-electron chi connectivity index (χ1n) is 3.49. The minimum absolute atomic E-state index is 0.271. The fraction of sp³-hybridized carbons (Fsp3) is 0.714. The molecule has 0 spiro atoms. The van der Waals surface area contributed by atoms with Gasteiger partial charge in [0.1, 0.15) is 0 Å². The molecule has 0 amide bonds. The van der Waals surface area contributed by atoms with Crippen LogP contribution < -0.4 is 11.1 Å². The molecule has 1 heterocycles. The van der Waals surface area contributed by atoms with Crippen molar-refractivity contribution in [2.45, 2.75) is 25.5 Å². The molecule has 0 fully saturated rings. The molecule has 0 unspecified atom stereocenters. The summed E-state index contributed by atoms with van der Waals surface area (Å²) in [6.45, 7) is 2.06. The highest BCUT2D eigenvalue weighted by Gasteiger charge is 2.18. The molecule has 10 heavy (non-hydrogen) atoms. The first-order chi connectivity index (χ1) is 4.74. The maximum Gasteiger partial charge on any atom is 0.0922 e. The summed E-state index contributed by atoms with van der Waals surface area (Å²) >= 11 is 0. The van der Waals surface area contributed by atoms with Crippen molar-refractivity contribution in [2.24, 2.45) is 5.73 Å². The van der Waals surface area contributed by atoms with E-state index in [1.165, 1.54) is 0 Å². The van der Waals surface area contributed by atoms with Gasteiger partial charge in [-0.3, -0.25) is 0 Å². The third kappa shape index (κ3) is 1.42. The topological polar surface area (TPSA) is 47.3 Å². The van der Waals surface area contributed by atoms with Crippen molar-refractivity contribution in [1.29, 1.82) is 0 Å². The highest BCUT2D eigenvalue weighted by atomic mass is 16.5. The number of ether oxygens (including phenoxy) is 1. The number of nitrogens with one attached hydrogen (secondary N) is 1. The highest BCUT2D eigenvalue weighted by molar-refractivity contribution is 5.03. The van der Waals surface area contributed by atoms with Gasteiger partial charge in [-0.05, 0) is 19.4 Å². The third-order valence-corrected chi connectivity index (χ3v) is 1.82. The molecular formula is C7H14N2O. The number of rotatable bonds is 1. The molecule has 0 saturated heterocycles. The summed E-state index contributed by atoms with van der Waals surface area (Å²) < 4.78 is 5.19. The van der Waals surface area contributed by atoms with Crippen molar-refractivity contribution in [3.8, 4) is 0 Å². The summed E-state index contributed by atoms with van der Waals surface area (Å²) in [5.41, 5.74) is 5.54. The zero-order valence-corrected chi connectivity index (χ0v) is 6.42. The highest BCUT2D eigenvalue weighted by Crippen LogP contribution is 2.10. The zero-order valence-electron chi connectivity index (χ0n) is 6.42. The van der Waals surface area contributed by atoms with E-state index in [2.05, 4.69) is 12.2 Å². The molecule has 0 aliphatic carbocycles. The lowest BCUT2D eigenvalue weighted by molar-refractivity contribution is 0.0738. The van der Waals surface area contributed by atoms with E-state index in [1.807, 2.05) is 6.08 Å². The molecule has 3 N–H and O–H groups in total. The van der Waals surface area contributed by atoms with Crippen molar-refractivity contribution in [3.63, 3.8) is 0 Å². The molecule has 1 aliphatic rings. The molecular weight excluding hydrogens is 128 g/mol. The minimum atomic E-state index is 0.271. The van der Waals surface area contributed by atoms with Gasteiger partial charge in [-0.15, -0.1) is 0 Å². The summed E-state index contributed by atoms with van der Waals surface area (Å²) in [4.78, 5) is 0. The predicted molar refractivity (Wildman–Crippen MR) is 40.3 cm³/mol. The van der Waals surface area contributed by atoms with Crippen LogP contribution in [0, 0.1) is 0 Å². The predicted octanol–water partition coefficient (Wildman–Crippen LogP) is 0.183. The number of methoxy groups -OCH3 is 1. The van der Waals surface area contributed by atoms with Crippen molar-refractivity contribution < 1.29 is 4.74 Å². The molecule has 0 aromatic carbocycles. The Morgan fingerprint density at radius 1 is 1.80 bits per heavy atom. The Bertz CT molecular complexity index is 145. The monoisotopic (exact) mass is 142 g/mol. The fourth-order valence-electron chi connectivity index (χ4n) is 1.16. The number of hydrogen-bond donors (Lipinski definition) is 2. The van der Waals surface area contributed by atoms with E-state index >= 15 is 0 Å². The summed E-state index contributed by atoms with van der Waals surface area (Å²) in [5, 5.41) is 3.09. The summed E-state index contributed by atoms with van der Waals surface area (Å²) in [5.74, 6) is 0.765. The van der Waals surface area contributed by atoms with Gasteiger partial charge in [-0.25, -0.2) is 0 Å². The zero-order chi connectivity index (χ0) is 7.56. The summed E-state index contributed by atoms with van der Waals surface area (Å²) in [6.07, 6.45) is 3.14. The lowest BCUT2D eigenvalue weighted by Gasteiger charge is -2.27. The Morgan fingerprint density at radius 2 is 2.50 bits per heavy atom. The van der Waals surface area contributed by atoms with E-state index in [-0.39, 0.29) is 6.10 Å². The second-order valence-electron chi connectivity index (χ2n) is 2.60. The van der Waals surface area contributed by atoms with Crippen LogP contribution in [0.3, 0.4) is 0 Å². The van der Waals surface area contributed by atoms with Gasteiger partial charge in [0.15, 0.2) is 0 Å². The van der Waals surface area contributed by atoms with Gasteiger partial charge < -0.3 is 15.8 Å². The summed E-state index contributed by atoms with van der Waals surface area (Å²) in [7, 11) is 1.72. The molecule has 0 saturated carbocycles. The van der Waals surface area contributed by atoms with Crippen LogP contribution in [-0.2, 0) is 4.74 Å². The van der Waals surface area contributed by atoms with Crippen LogP contribution in [-0.4, -0.2) is 19.3 Å². The van der Waals surface area contributed by atoms with Crippen LogP contribution >= 0.6 is 0 Å². The van der Waals surface area contributed by atoms with E-state index in [9.17, 15) is 0 Å². The van der Waals surface area contributed by atoms with Crippen molar-refractivity contribution in [2.75, 3.05) is 7.11 Å². The second kappa shape index (κ2) is 2.92. The molecule has 58 valence electrons. The third-order valence-electron chi connectivity index (χ3n) is 1.82. The van der Waals surface area contributed by atoms with E-state index in [0.717, 1.165) is 12.2 Å². The molecule has 2 atom stereocenters. The van der Waals surface area contributed by atoms with Crippen LogP contribution in [0.4, 0.5) is 0 Å². The first kappa shape index (κ1) is 7.41. The molecule has 0 bridgehead atoms. The fourth-order valence-corrected chi connectivity index (χ4v) is 1.16. The van der Waals surface area contributed by atoms with Gasteiger partial charge in [0, 0.05) is 7.11 Å². The SMILES string of the molecule is CO[C@H]1CC=C(N)N[C@H]1C. The van der Waals surface area contributed by atoms with Gasteiger partial charge in [-0.1, -0.05) is 0 Å². The molecule has 0 radical (unpaired) electrons. The van der Waals surface area contributed by atoms with Crippen molar-refractivity contribution >= 4 is 0 Å². The standard InChI is InChI=1S/C7H14N2O/c1-5-6(10-2)3-4-7(8)9-5/h4-6,9H,3,8H2,1-2H3/t5-,6-/m0/s1. The molecule has 0 aromatic heterocycles. The average Bonchev–Trinajstić information content (AvgIpc) is 1.88. The Kier molecular flexibility index (Phi) is 2.17. The van der Waals surface area contributed by atoms with Crippen LogP contribution in [0.1, 0.15) is 13.3 Å². The van der Waals surface area contributed by atoms with E-state index < -0.39 is 0 Å². The lowest BCUT2D eigenvalue weighted by atomic mass is 10.1. The quantitative estimate of drug-likeness (QED) is 0.549. The van der Waals surface area contributed by atoms with E-state index in [0.29, 0.717) is 6.04 Å². The average molecular weight is 142 g/mol. The maximum atomic E-state index is 5.54. The largest absolute Gasteiger partial charge is 0.386 e. The van der Waals surface area contributed by atoms with Gasteiger partial charge in [0.05, 0.1) is 18.0 Å². The Morgan fingerprint density at radius 3 is 3.00 bits per heavy atom. The molecule has 3 nitrogen and oxygen atoms in total. The van der Waals surface area contributed by atoms with Crippen LogP contribution in [0.2, 0.25) is 0 Å². The molecule has 1 aliphatic heterocycles. The van der Waals surface area contributed by atoms with Gasteiger partial charge in [0.25, 0.3) is 0 Å². The van der Waals surface area contributed by atoms with Gasteiger partial charge in [0.2, 0.25) is 0 Å². The first-order valence-corrected chi connectivity index (χ1v) is 3.49. The van der Waals surface area contributed by atoms with Crippen LogP contribution in [0.25, 0.3) is 0 Å². The molecule has 0 aromatic rings. The van der Waals surface area contributed by atoms with Crippen molar-refractivity contribution in [3.05, 3.63) is 11.9 Å². The maximum absolute atomic E-state index is 5.54. The number of nitrogens with two attached hydrogens (primary N) is 1. The van der Waals surface area contributed by atoms with E-state index in [4.69, 9.17) is 10.5 Å². The number of hydrogen-bond acceptors (Lipinski definition) is 3. The Labute approximate surface area is 61.2 Å². The molecule has 3 heteroatoms. The smallest absolute Gasteiger partial charge is 0.0922 e. The summed E-state index contributed by atoms with van der Waals surface area (Å²) in [6, 6.07) is 0.329. The van der Waals surface area contributed by atoms with Crippen molar-refractivity contribution in [1.82, 2.24) is 5.32 Å². The normalized spacial score (nSPS) is 32.8. The Balaban J connectivity index is 2.52. The van der Waals surface area contributed by atoms with Gasteiger partial charge >= 0.3 is 0 Å².